The van der Waals surface area contributed by atoms with E-state index >= 15 is 0 Å². The van der Waals surface area contributed by atoms with Gasteiger partial charge in [0, 0.05) is 12.5 Å². The minimum atomic E-state index is 0.322. The zero-order valence-electron chi connectivity index (χ0n) is 8.98. The quantitative estimate of drug-likeness (QED) is 0.698. The average molecular weight is 207 g/mol. The van der Waals surface area contributed by atoms with Crippen molar-refractivity contribution >= 4 is 11.5 Å². The second-order valence-electron chi connectivity index (χ2n) is 4.21. The fourth-order valence-corrected chi connectivity index (χ4v) is 2.04. The van der Waals surface area contributed by atoms with E-state index in [0.717, 1.165) is 25.2 Å². The van der Waals surface area contributed by atoms with Gasteiger partial charge in [-0.25, -0.2) is 0 Å². The minimum Gasteiger partial charge on any atom is -0.396 e. The highest BCUT2D eigenvalue weighted by atomic mass is 15.2. The van der Waals surface area contributed by atoms with Crippen LogP contribution in [-0.2, 0) is 0 Å². The van der Waals surface area contributed by atoms with Gasteiger partial charge in [0.15, 0.2) is 5.82 Å². The van der Waals surface area contributed by atoms with Crippen LogP contribution < -0.4 is 11.5 Å². The van der Waals surface area contributed by atoms with Crippen molar-refractivity contribution in [3.63, 3.8) is 0 Å². The summed E-state index contributed by atoms with van der Waals surface area (Å²) in [5.41, 5.74) is 12.8. The summed E-state index contributed by atoms with van der Waals surface area (Å²) in [6.07, 6.45) is 2.36. The van der Waals surface area contributed by atoms with Crippen molar-refractivity contribution in [1.29, 1.82) is 0 Å². The van der Waals surface area contributed by atoms with Gasteiger partial charge in [-0.15, -0.1) is 5.10 Å². The molecule has 0 radical (unpaired) electrons. The molecule has 0 aliphatic carbocycles. The highest BCUT2D eigenvalue weighted by Crippen LogP contribution is 2.26. The number of aromatic nitrogens is 2. The van der Waals surface area contributed by atoms with Gasteiger partial charge in [-0.3, -0.25) is 0 Å². The summed E-state index contributed by atoms with van der Waals surface area (Å²) < 4.78 is 0. The molecule has 0 bridgehead atoms. The second-order valence-corrected chi connectivity index (χ2v) is 4.21. The van der Waals surface area contributed by atoms with E-state index in [4.69, 9.17) is 11.5 Å². The molecule has 4 N–H and O–H groups in total. The van der Waals surface area contributed by atoms with E-state index in [1.54, 1.807) is 0 Å². The molecule has 1 saturated heterocycles. The molecule has 5 heteroatoms. The van der Waals surface area contributed by atoms with E-state index in [1.165, 1.54) is 6.42 Å². The van der Waals surface area contributed by atoms with Gasteiger partial charge in [-0.05, 0) is 32.5 Å². The first-order valence-electron chi connectivity index (χ1n) is 5.24. The molecule has 5 nitrogen and oxygen atoms in total. The minimum absolute atomic E-state index is 0.322. The zero-order valence-corrected chi connectivity index (χ0v) is 8.98. The highest BCUT2D eigenvalue weighted by Gasteiger charge is 2.20. The van der Waals surface area contributed by atoms with Crippen LogP contribution in [0.25, 0.3) is 0 Å². The molecule has 0 amide bonds. The summed E-state index contributed by atoms with van der Waals surface area (Å²) in [4.78, 5) is 2.31. The molecule has 2 rings (SSSR count). The number of hydrogen-bond donors (Lipinski definition) is 2. The Morgan fingerprint density at radius 2 is 2.20 bits per heavy atom. The fraction of sp³-hybridized carbons (Fsp3) is 0.600. The predicted molar refractivity (Wildman–Crippen MR) is 60.3 cm³/mol. The maximum atomic E-state index is 5.72. The van der Waals surface area contributed by atoms with Crippen LogP contribution in [0.15, 0.2) is 6.07 Å². The molecule has 0 aromatic carbocycles. The third-order valence-corrected chi connectivity index (χ3v) is 2.92. The highest BCUT2D eigenvalue weighted by molar-refractivity contribution is 5.57. The lowest BCUT2D eigenvalue weighted by molar-refractivity contribution is 0.248. The second kappa shape index (κ2) is 4.02. The number of likely N-dealkylation sites (tertiary alicyclic amines) is 1. The van der Waals surface area contributed by atoms with Gasteiger partial charge in [0.25, 0.3) is 0 Å². The lowest BCUT2D eigenvalue weighted by Gasteiger charge is -2.29. The molecule has 15 heavy (non-hydrogen) atoms. The van der Waals surface area contributed by atoms with Crippen LogP contribution in [0.3, 0.4) is 0 Å². The molecule has 1 aromatic rings. The topological polar surface area (TPSA) is 81.1 Å². The third-order valence-electron chi connectivity index (χ3n) is 2.92. The van der Waals surface area contributed by atoms with Crippen LogP contribution in [0.2, 0.25) is 0 Å². The number of hydrogen-bond acceptors (Lipinski definition) is 5. The van der Waals surface area contributed by atoms with Gasteiger partial charge >= 0.3 is 0 Å². The monoisotopic (exact) mass is 207 g/mol. The summed E-state index contributed by atoms with van der Waals surface area (Å²) in [5, 5.41) is 7.98. The molecule has 0 saturated carbocycles. The van der Waals surface area contributed by atoms with E-state index in [0.29, 0.717) is 17.4 Å². The number of nitrogens with two attached hydrogens (primary N) is 2. The number of piperidine rings is 1. The summed E-state index contributed by atoms with van der Waals surface area (Å²) in [6.45, 7) is 2.19. The standard InChI is InChI=1S/C10H17N5/c1-15-4-2-3-7(6-15)9-5-8(11)10(12)14-13-9/h5,7H,2-4,6H2,1H3,(H2,11,13)(H2,12,14). The van der Waals surface area contributed by atoms with Gasteiger partial charge in [-0.2, -0.15) is 5.10 Å². The third kappa shape index (κ3) is 2.18. The number of rotatable bonds is 1. The number of likely N-dealkylation sites (N-methyl/N-ethyl adjacent to an activating group) is 1. The van der Waals surface area contributed by atoms with E-state index < -0.39 is 0 Å². The van der Waals surface area contributed by atoms with E-state index in [2.05, 4.69) is 22.1 Å². The van der Waals surface area contributed by atoms with Crippen molar-refractivity contribution in [1.82, 2.24) is 15.1 Å². The van der Waals surface area contributed by atoms with Crippen molar-refractivity contribution in [3.05, 3.63) is 11.8 Å². The Morgan fingerprint density at radius 1 is 1.40 bits per heavy atom. The lowest BCUT2D eigenvalue weighted by atomic mass is 9.95. The van der Waals surface area contributed by atoms with Crippen LogP contribution in [0.5, 0.6) is 0 Å². The lowest BCUT2D eigenvalue weighted by Crippen LogP contribution is -2.31. The fourth-order valence-electron chi connectivity index (χ4n) is 2.04. The molecule has 1 fully saturated rings. The van der Waals surface area contributed by atoms with Crippen molar-refractivity contribution in [2.45, 2.75) is 18.8 Å². The van der Waals surface area contributed by atoms with Gasteiger partial charge in [0.05, 0.1) is 11.4 Å². The first kappa shape index (κ1) is 10.2. The Bertz CT molecular complexity index is 352. The molecule has 1 aromatic heterocycles. The molecule has 2 heterocycles. The molecule has 1 atom stereocenters. The molecule has 1 aliphatic heterocycles. The Kier molecular flexibility index (Phi) is 2.73. The predicted octanol–water partition coefficient (Wildman–Crippen LogP) is 0.450. The summed E-state index contributed by atoms with van der Waals surface area (Å²) in [7, 11) is 2.13. The summed E-state index contributed by atoms with van der Waals surface area (Å²) >= 11 is 0. The number of nitrogen functional groups attached to an aromatic ring is 2. The van der Waals surface area contributed by atoms with Crippen LogP contribution in [0.1, 0.15) is 24.5 Å². The van der Waals surface area contributed by atoms with E-state index in [9.17, 15) is 0 Å². The SMILES string of the molecule is CN1CCCC(c2cc(N)c(N)nn2)C1. The molecule has 1 unspecified atom stereocenters. The first-order chi connectivity index (χ1) is 7.16. The van der Waals surface area contributed by atoms with Crippen molar-refractivity contribution < 1.29 is 0 Å². The molecule has 0 spiro atoms. The number of nitrogens with zero attached hydrogens (tertiary/aromatic N) is 3. The van der Waals surface area contributed by atoms with E-state index in [-0.39, 0.29) is 0 Å². The Balaban J connectivity index is 2.18. The van der Waals surface area contributed by atoms with Gasteiger partial charge in [-0.1, -0.05) is 0 Å². The van der Waals surface area contributed by atoms with Crippen LogP contribution in [0, 0.1) is 0 Å². The molecule has 1 aliphatic rings. The van der Waals surface area contributed by atoms with Gasteiger partial charge in [0.2, 0.25) is 0 Å². The Labute approximate surface area is 89.5 Å². The maximum absolute atomic E-state index is 5.72. The van der Waals surface area contributed by atoms with Gasteiger partial charge < -0.3 is 16.4 Å². The molecule has 82 valence electrons. The largest absolute Gasteiger partial charge is 0.396 e. The first-order valence-corrected chi connectivity index (χ1v) is 5.24. The van der Waals surface area contributed by atoms with Crippen LogP contribution in [0.4, 0.5) is 11.5 Å². The average Bonchev–Trinajstić information content (AvgIpc) is 2.22. The summed E-state index contributed by atoms with van der Waals surface area (Å²) in [5.74, 6) is 0.766. The maximum Gasteiger partial charge on any atom is 0.169 e. The normalized spacial score (nSPS) is 22.9. The Morgan fingerprint density at radius 3 is 2.87 bits per heavy atom. The number of anilines is 2. The zero-order chi connectivity index (χ0) is 10.8. The van der Waals surface area contributed by atoms with E-state index in [1.807, 2.05) is 6.07 Å². The van der Waals surface area contributed by atoms with Crippen molar-refractivity contribution in [2.24, 2.45) is 0 Å². The van der Waals surface area contributed by atoms with Crippen molar-refractivity contribution in [2.75, 3.05) is 31.6 Å². The van der Waals surface area contributed by atoms with Gasteiger partial charge in [0.1, 0.15) is 0 Å². The smallest absolute Gasteiger partial charge is 0.169 e. The van der Waals surface area contributed by atoms with Crippen LogP contribution in [-0.4, -0.2) is 35.2 Å². The summed E-state index contributed by atoms with van der Waals surface area (Å²) in [6, 6.07) is 1.85. The van der Waals surface area contributed by atoms with Crippen molar-refractivity contribution in [3.8, 4) is 0 Å². The van der Waals surface area contributed by atoms with Crippen LogP contribution >= 0.6 is 0 Å². The molecular formula is C10H17N5. The molecular weight excluding hydrogens is 190 g/mol. The Hall–Kier alpha value is -1.36.